The largest absolute Gasteiger partial charge is 0.456 e. The molecule has 0 saturated carbocycles. The molecule has 0 atom stereocenters. The van der Waals surface area contributed by atoms with Crippen molar-refractivity contribution in [3.63, 3.8) is 0 Å². The zero-order valence-electron chi connectivity index (χ0n) is 27.7. The minimum Gasteiger partial charge on any atom is -0.456 e. The summed E-state index contributed by atoms with van der Waals surface area (Å²) in [7, 11) is 0. The van der Waals surface area contributed by atoms with Gasteiger partial charge in [0.05, 0.1) is 0 Å². The maximum atomic E-state index is 6.71. The van der Waals surface area contributed by atoms with Crippen LogP contribution < -0.4 is 0 Å². The molecule has 242 valence electrons. The van der Waals surface area contributed by atoms with Gasteiger partial charge in [-0.2, -0.15) is 0 Å². The molecule has 0 aliphatic heterocycles. The number of furan rings is 2. The number of para-hydroxylation sites is 1. The number of fused-ring (bicyclic) bond motifs is 9. The van der Waals surface area contributed by atoms with Crippen LogP contribution in [-0.4, -0.2) is 15.0 Å². The average Bonchev–Trinajstić information content (AvgIpc) is 3.78. The van der Waals surface area contributed by atoms with Gasteiger partial charge in [0.25, 0.3) is 0 Å². The fourth-order valence-electron chi connectivity index (χ4n) is 7.55. The van der Waals surface area contributed by atoms with Gasteiger partial charge in [-0.25, -0.2) is 15.0 Å². The van der Waals surface area contributed by atoms with Gasteiger partial charge in [-0.3, -0.25) is 0 Å². The van der Waals surface area contributed by atoms with Gasteiger partial charge < -0.3 is 8.83 Å². The second-order valence-corrected chi connectivity index (χ2v) is 13.2. The van der Waals surface area contributed by atoms with E-state index in [1.165, 1.54) is 21.9 Å². The Morgan fingerprint density at radius 3 is 1.63 bits per heavy atom. The molecule has 0 N–H and O–H groups in total. The standard InChI is InChI=1S/C47H27N3O2/c1-2-11-29(12-3-1)45-48-46(32-20-22-36-35-15-8-9-17-41(35)51-42(36)25-32)50-47(49-45)33-21-23-37-40-27-39(31-19-18-28-10-4-5-13-30(28)24-31)34-14-6-7-16-38(34)44(40)52-43(37)26-33/h1-27H. The molecule has 11 rings (SSSR count). The van der Waals surface area contributed by atoms with Crippen molar-refractivity contribution >= 4 is 65.4 Å². The second kappa shape index (κ2) is 11.2. The van der Waals surface area contributed by atoms with Crippen LogP contribution in [0.4, 0.5) is 0 Å². The van der Waals surface area contributed by atoms with E-state index in [1.807, 2.05) is 54.6 Å². The number of benzene rings is 8. The van der Waals surface area contributed by atoms with E-state index in [-0.39, 0.29) is 0 Å². The quantitative estimate of drug-likeness (QED) is 0.187. The van der Waals surface area contributed by atoms with Crippen molar-refractivity contribution in [2.45, 2.75) is 0 Å². The maximum absolute atomic E-state index is 6.71. The molecular weight excluding hydrogens is 639 g/mol. The fraction of sp³-hybridized carbons (Fsp3) is 0. The Balaban J connectivity index is 1.09. The fourth-order valence-corrected chi connectivity index (χ4v) is 7.55. The van der Waals surface area contributed by atoms with Gasteiger partial charge in [0, 0.05) is 43.6 Å². The first-order valence-corrected chi connectivity index (χ1v) is 17.3. The monoisotopic (exact) mass is 665 g/mol. The summed E-state index contributed by atoms with van der Waals surface area (Å²) >= 11 is 0. The lowest BCUT2D eigenvalue weighted by atomic mass is 9.94. The van der Waals surface area contributed by atoms with E-state index >= 15 is 0 Å². The van der Waals surface area contributed by atoms with Crippen LogP contribution in [0.15, 0.2) is 173 Å². The summed E-state index contributed by atoms with van der Waals surface area (Å²) in [5, 5.41) is 8.93. The zero-order valence-corrected chi connectivity index (χ0v) is 27.7. The van der Waals surface area contributed by atoms with Crippen LogP contribution in [0.3, 0.4) is 0 Å². The third-order valence-corrected chi connectivity index (χ3v) is 10.1. The minimum atomic E-state index is 0.567. The Labute approximate surface area is 297 Å². The van der Waals surface area contributed by atoms with E-state index in [2.05, 4.69) is 109 Å². The molecule has 0 radical (unpaired) electrons. The van der Waals surface area contributed by atoms with Crippen molar-refractivity contribution in [2.24, 2.45) is 0 Å². The minimum absolute atomic E-state index is 0.567. The van der Waals surface area contributed by atoms with Crippen LogP contribution in [-0.2, 0) is 0 Å². The Morgan fingerprint density at radius 1 is 0.308 bits per heavy atom. The predicted molar refractivity (Wildman–Crippen MR) is 211 cm³/mol. The number of nitrogens with zero attached hydrogens (tertiary/aromatic N) is 3. The number of hydrogen-bond acceptors (Lipinski definition) is 5. The maximum Gasteiger partial charge on any atom is 0.164 e. The Hall–Kier alpha value is -7.11. The van der Waals surface area contributed by atoms with E-state index in [1.54, 1.807) is 0 Å². The Morgan fingerprint density at radius 2 is 0.865 bits per heavy atom. The normalized spacial score (nSPS) is 11.8. The van der Waals surface area contributed by atoms with Crippen molar-refractivity contribution in [3.05, 3.63) is 164 Å². The SMILES string of the molecule is c1ccc(-c2nc(-c3ccc4c(c3)oc3ccccc34)nc(-c3ccc4c(c3)oc3c5ccccc5c(-c5ccc6ccccc6c5)cc43)n2)cc1. The van der Waals surface area contributed by atoms with Gasteiger partial charge in [0.15, 0.2) is 17.5 Å². The van der Waals surface area contributed by atoms with Crippen LogP contribution in [0.5, 0.6) is 0 Å². The first-order chi connectivity index (χ1) is 25.7. The molecule has 0 spiro atoms. The molecule has 3 aromatic heterocycles. The van der Waals surface area contributed by atoms with Crippen molar-refractivity contribution in [2.75, 3.05) is 0 Å². The highest BCUT2D eigenvalue weighted by Crippen LogP contribution is 2.41. The van der Waals surface area contributed by atoms with Crippen molar-refractivity contribution in [1.29, 1.82) is 0 Å². The summed E-state index contributed by atoms with van der Waals surface area (Å²) < 4.78 is 12.9. The van der Waals surface area contributed by atoms with Crippen LogP contribution in [0.25, 0.3) is 111 Å². The molecule has 0 bridgehead atoms. The summed E-state index contributed by atoms with van der Waals surface area (Å²) in [6, 6.07) is 56.5. The number of rotatable bonds is 4. The van der Waals surface area contributed by atoms with E-state index in [0.717, 1.165) is 71.3 Å². The highest BCUT2D eigenvalue weighted by Gasteiger charge is 2.18. The van der Waals surface area contributed by atoms with Gasteiger partial charge in [-0.1, -0.05) is 121 Å². The van der Waals surface area contributed by atoms with Gasteiger partial charge in [0.1, 0.15) is 22.3 Å². The number of aromatic nitrogens is 3. The van der Waals surface area contributed by atoms with E-state index in [0.29, 0.717) is 17.5 Å². The molecule has 5 nitrogen and oxygen atoms in total. The molecule has 0 fully saturated rings. The van der Waals surface area contributed by atoms with Crippen molar-refractivity contribution in [1.82, 2.24) is 15.0 Å². The molecule has 8 aromatic carbocycles. The third-order valence-electron chi connectivity index (χ3n) is 10.1. The van der Waals surface area contributed by atoms with Crippen LogP contribution in [0.1, 0.15) is 0 Å². The van der Waals surface area contributed by atoms with Gasteiger partial charge >= 0.3 is 0 Å². The van der Waals surface area contributed by atoms with Gasteiger partial charge in [0.2, 0.25) is 0 Å². The molecule has 11 aromatic rings. The lowest BCUT2D eigenvalue weighted by molar-refractivity contribution is 0.669. The predicted octanol–water partition coefficient (Wildman–Crippen LogP) is 12.6. The smallest absolute Gasteiger partial charge is 0.164 e. The molecular formula is C47H27N3O2. The number of hydrogen-bond donors (Lipinski definition) is 0. The molecule has 0 aliphatic carbocycles. The summed E-state index contributed by atoms with van der Waals surface area (Å²) in [5.41, 5.74) is 8.25. The first kappa shape index (κ1) is 28.7. The summed E-state index contributed by atoms with van der Waals surface area (Å²) in [6.45, 7) is 0. The Kier molecular flexibility index (Phi) is 6.18. The van der Waals surface area contributed by atoms with E-state index < -0.39 is 0 Å². The van der Waals surface area contributed by atoms with Crippen LogP contribution >= 0.6 is 0 Å². The van der Waals surface area contributed by atoms with Crippen LogP contribution in [0.2, 0.25) is 0 Å². The second-order valence-electron chi connectivity index (χ2n) is 13.2. The topological polar surface area (TPSA) is 65.0 Å². The highest BCUT2D eigenvalue weighted by atomic mass is 16.3. The molecule has 0 aliphatic rings. The van der Waals surface area contributed by atoms with Gasteiger partial charge in [-0.05, 0) is 69.8 Å². The molecule has 3 heterocycles. The lowest BCUT2D eigenvalue weighted by Gasteiger charge is -2.09. The molecule has 0 unspecified atom stereocenters. The highest BCUT2D eigenvalue weighted by molar-refractivity contribution is 6.19. The van der Waals surface area contributed by atoms with Gasteiger partial charge in [-0.15, -0.1) is 0 Å². The molecule has 0 saturated heterocycles. The average molecular weight is 666 g/mol. The summed E-state index contributed by atoms with van der Waals surface area (Å²) in [6.07, 6.45) is 0. The third kappa shape index (κ3) is 4.53. The van der Waals surface area contributed by atoms with Crippen LogP contribution in [0, 0.1) is 0 Å². The zero-order chi connectivity index (χ0) is 34.2. The van der Waals surface area contributed by atoms with Crippen molar-refractivity contribution < 1.29 is 8.83 Å². The van der Waals surface area contributed by atoms with E-state index in [9.17, 15) is 0 Å². The summed E-state index contributed by atoms with van der Waals surface area (Å²) in [4.78, 5) is 15.0. The van der Waals surface area contributed by atoms with E-state index in [4.69, 9.17) is 23.8 Å². The first-order valence-electron chi connectivity index (χ1n) is 17.3. The molecule has 52 heavy (non-hydrogen) atoms. The van der Waals surface area contributed by atoms with Crippen molar-refractivity contribution in [3.8, 4) is 45.3 Å². The lowest BCUT2D eigenvalue weighted by Crippen LogP contribution is -2.00. The Bertz CT molecular complexity index is 3190. The summed E-state index contributed by atoms with van der Waals surface area (Å²) in [5.74, 6) is 1.74. The molecule has 0 amide bonds. The molecule has 5 heteroatoms.